The first-order valence-corrected chi connectivity index (χ1v) is 44.8. The molecule has 0 spiro atoms. The predicted molar refractivity (Wildman–Crippen MR) is 414 cm³/mol. The Hall–Kier alpha value is -2.46. The molecule has 0 aliphatic rings. The number of carbonyl (C=O) groups excluding carboxylic acids is 4. The average molecular weight is 1480 g/mol. The lowest BCUT2D eigenvalue weighted by atomic mass is 9.99. The average Bonchev–Trinajstić information content (AvgIpc) is 0.980. The molecule has 17 nitrogen and oxygen atoms in total. The van der Waals surface area contributed by atoms with Gasteiger partial charge in [-0.1, -0.05) is 355 Å². The number of rotatable bonds is 79. The van der Waals surface area contributed by atoms with Crippen LogP contribution in [0.15, 0.2) is 24.3 Å². The van der Waals surface area contributed by atoms with E-state index in [1.165, 1.54) is 205 Å². The minimum Gasteiger partial charge on any atom is -0.462 e. The lowest BCUT2D eigenvalue weighted by Crippen LogP contribution is -2.30. The zero-order chi connectivity index (χ0) is 74.2. The zero-order valence-corrected chi connectivity index (χ0v) is 67.5. The summed E-state index contributed by atoms with van der Waals surface area (Å²) in [6.07, 6.45) is 66.1. The van der Waals surface area contributed by atoms with Gasteiger partial charge in [0, 0.05) is 25.7 Å². The van der Waals surface area contributed by atoms with E-state index in [0.29, 0.717) is 25.7 Å². The Bertz CT molecular complexity index is 2040. The molecule has 6 atom stereocenters. The normalized spacial score (nSPS) is 14.3. The molecule has 0 fully saturated rings. The van der Waals surface area contributed by atoms with Gasteiger partial charge in [0.25, 0.3) is 0 Å². The third kappa shape index (κ3) is 74.2. The largest absolute Gasteiger partial charge is 0.472 e. The lowest BCUT2D eigenvalue weighted by Gasteiger charge is -2.21. The third-order valence-electron chi connectivity index (χ3n) is 18.9. The highest BCUT2D eigenvalue weighted by Crippen LogP contribution is 2.45. The predicted octanol–water partition coefficient (Wildman–Crippen LogP) is 24.2. The first-order valence-electron chi connectivity index (χ1n) is 41.8. The first kappa shape index (κ1) is 98.5. The number of aliphatic hydroxyl groups is 1. The maximum absolute atomic E-state index is 13.1. The molecule has 0 bridgehead atoms. The van der Waals surface area contributed by atoms with E-state index in [4.69, 9.17) is 37.0 Å². The van der Waals surface area contributed by atoms with Gasteiger partial charge < -0.3 is 33.8 Å². The number of phosphoric ester groups is 2. The summed E-state index contributed by atoms with van der Waals surface area (Å²) >= 11 is 0. The minimum absolute atomic E-state index is 0.102. The Labute approximate surface area is 618 Å². The molecule has 101 heavy (non-hydrogen) atoms. The molecule has 19 heteroatoms. The second kappa shape index (κ2) is 73.1. The van der Waals surface area contributed by atoms with Crippen molar-refractivity contribution in [2.45, 2.75) is 426 Å². The smallest absolute Gasteiger partial charge is 0.462 e. The molecular weight excluding hydrogens is 1320 g/mol. The highest BCUT2D eigenvalue weighted by atomic mass is 31.2. The van der Waals surface area contributed by atoms with Crippen molar-refractivity contribution >= 4 is 39.5 Å². The van der Waals surface area contributed by atoms with Crippen molar-refractivity contribution in [1.29, 1.82) is 0 Å². The monoisotopic (exact) mass is 1480 g/mol. The fourth-order valence-electron chi connectivity index (χ4n) is 12.1. The molecule has 0 rings (SSSR count). The molecule has 0 aliphatic heterocycles. The summed E-state index contributed by atoms with van der Waals surface area (Å²) in [4.78, 5) is 73.0. The van der Waals surface area contributed by atoms with E-state index >= 15 is 0 Å². The van der Waals surface area contributed by atoms with Crippen LogP contribution in [0.1, 0.15) is 408 Å². The number of hydrogen-bond acceptors (Lipinski definition) is 15. The van der Waals surface area contributed by atoms with Crippen LogP contribution in [-0.4, -0.2) is 96.7 Å². The number of carbonyl (C=O) groups is 4. The van der Waals surface area contributed by atoms with Gasteiger partial charge in [-0.05, 0) is 63.2 Å². The van der Waals surface area contributed by atoms with Gasteiger partial charge >= 0.3 is 39.5 Å². The maximum atomic E-state index is 13.1. The molecule has 3 unspecified atom stereocenters. The molecule has 0 aromatic carbocycles. The Morgan fingerprint density at radius 1 is 0.327 bits per heavy atom. The number of hydrogen-bond donors (Lipinski definition) is 3. The molecular formula is C82H156O17P2. The lowest BCUT2D eigenvalue weighted by molar-refractivity contribution is -0.161. The van der Waals surface area contributed by atoms with Crippen LogP contribution in [0.4, 0.5) is 0 Å². The zero-order valence-electron chi connectivity index (χ0n) is 65.7. The van der Waals surface area contributed by atoms with E-state index < -0.39 is 97.5 Å². The quantitative estimate of drug-likeness (QED) is 0.0169. The summed E-state index contributed by atoms with van der Waals surface area (Å²) in [6, 6.07) is 0. The topological polar surface area (TPSA) is 237 Å². The van der Waals surface area contributed by atoms with E-state index in [1.54, 1.807) is 0 Å². The standard InChI is InChI=1S/C82H156O17P2/c1-7-10-12-14-16-18-20-22-24-25-26-27-28-29-31-33-35-40-48-54-60-66-81(86)98-77(70-92-79(84)64-58-52-46-39-34-32-30-23-21-19-17-15-13-11-8-2)72-96-100(88,89)94-68-76(83)69-95-101(90,91)97-73-78(71-93-80(85)65-59-53-47-43-42-45-51-57-63-75(6)9-3)99-82(87)67-61-55-49-41-37-36-38-44-50-56-62-74(4)5/h19,21,23,30,74-78,83H,7-18,20,22,24-29,31-73H2,1-6H3,(H,88,89)(H,90,91)/b21-19-,30-23-/t75?,76-,77-,78-/m1/s1. The number of esters is 4. The van der Waals surface area contributed by atoms with Crippen molar-refractivity contribution < 1.29 is 80.2 Å². The summed E-state index contributed by atoms with van der Waals surface area (Å²) in [5.74, 6) is -0.613. The summed E-state index contributed by atoms with van der Waals surface area (Å²) < 4.78 is 68.7. The number of unbranched alkanes of at least 4 members (excludes halogenated alkanes) is 45. The van der Waals surface area contributed by atoms with Gasteiger partial charge in [0.1, 0.15) is 19.3 Å². The van der Waals surface area contributed by atoms with Crippen LogP contribution >= 0.6 is 15.6 Å². The fraction of sp³-hybridized carbons (Fsp3) is 0.902. The molecule has 3 N–H and O–H groups in total. The Morgan fingerprint density at radius 3 is 0.891 bits per heavy atom. The molecule has 596 valence electrons. The van der Waals surface area contributed by atoms with Crippen LogP contribution in [0.2, 0.25) is 0 Å². The molecule has 0 aromatic heterocycles. The SMILES string of the molecule is CCCCCC/C=C\C=C/CCCCCCCC(=O)OC[C@H](COP(=O)(O)OC[C@@H](O)COP(=O)(O)OC[C@@H](COC(=O)CCCCCCCCCCC(C)CC)OC(=O)CCCCCCCCCCCCC(C)C)OC(=O)CCCCCCCCCCCCCCCCCCCCCCC. The van der Waals surface area contributed by atoms with Crippen molar-refractivity contribution in [3.63, 3.8) is 0 Å². The van der Waals surface area contributed by atoms with E-state index in [-0.39, 0.29) is 25.7 Å². The van der Waals surface area contributed by atoms with Gasteiger partial charge in [0.2, 0.25) is 0 Å². The highest BCUT2D eigenvalue weighted by molar-refractivity contribution is 7.47. The molecule has 0 aliphatic carbocycles. The van der Waals surface area contributed by atoms with Crippen molar-refractivity contribution in [3.8, 4) is 0 Å². The van der Waals surface area contributed by atoms with Crippen LogP contribution in [0.3, 0.4) is 0 Å². The second-order valence-electron chi connectivity index (χ2n) is 29.5. The van der Waals surface area contributed by atoms with Crippen LogP contribution in [0.5, 0.6) is 0 Å². The van der Waals surface area contributed by atoms with Gasteiger partial charge in [-0.25, -0.2) is 9.13 Å². The number of ether oxygens (including phenoxy) is 4. The van der Waals surface area contributed by atoms with Crippen LogP contribution in [0.25, 0.3) is 0 Å². The number of allylic oxidation sites excluding steroid dienone is 4. The maximum Gasteiger partial charge on any atom is 0.472 e. The van der Waals surface area contributed by atoms with Crippen LogP contribution in [-0.2, 0) is 65.4 Å². The van der Waals surface area contributed by atoms with Crippen molar-refractivity contribution in [1.82, 2.24) is 0 Å². The van der Waals surface area contributed by atoms with Gasteiger partial charge in [0.15, 0.2) is 12.2 Å². The Balaban J connectivity index is 5.27. The summed E-state index contributed by atoms with van der Waals surface area (Å²) in [7, 11) is -9.93. The molecule has 0 saturated carbocycles. The van der Waals surface area contributed by atoms with Gasteiger partial charge in [0.05, 0.1) is 26.4 Å². The first-order chi connectivity index (χ1) is 48.9. The summed E-state index contributed by atoms with van der Waals surface area (Å²) in [5, 5.41) is 10.6. The molecule has 0 saturated heterocycles. The van der Waals surface area contributed by atoms with E-state index in [1.807, 2.05) is 0 Å². The van der Waals surface area contributed by atoms with E-state index in [9.17, 15) is 43.2 Å². The third-order valence-corrected chi connectivity index (χ3v) is 20.8. The second-order valence-corrected chi connectivity index (χ2v) is 32.5. The summed E-state index contributed by atoms with van der Waals surface area (Å²) in [5.41, 5.74) is 0. The van der Waals surface area contributed by atoms with Crippen molar-refractivity contribution in [3.05, 3.63) is 24.3 Å². The van der Waals surface area contributed by atoms with E-state index in [2.05, 4.69) is 65.8 Å². The van der Waals surface area contributed by atoms with Crippen molar-refractivity contribution in [2.75, 3.05) is 39.6 Å². The van der Waals surface area contributed by atoms with Crippen LogP contribution in [0, 0.1) is 11.8 Å². The highest BCUT2D eigenvalue weighted by Gasteiger charge is 2.30. The van der Waals surface area contributed by atoms with Gasteiger partial charge in [-0.2, -0.15) is 0 Å². The Morgan fingerprint density at radius 2 is 0.584 bits per heavy atom. The number of aliphatic hydroxyl groups excluding tert-OH is 1. The summed E-state index contributed by atoms with van der Waals surface area (Å²) in [6.45, 7) is 9.56. The molecule has 0 aromatic rings. The molecule has 0 radical (unpaired) electrons. The Kier molecular flexibility index (Phi) is 71.3. The number of phosphoric acid groups is 2. The van der Waals surface area contributed by atoms with Crippen molar-refractivity contribution in [2.24, 2.45) is 11.8 Å². The van der Waals surface area contributed by atoms with Gasteiger partial charge in [-0.3, -0.25) is 37.3 Å². The van der Waals surface area contributed by atoms with Gasteiger partial charge in [-0.15, -0.1) is 0 Å². The molecule has 0 amide bonds. The molecule has 0 heterocycles. The van der Waals surface area contributed by atoms with Crippen LogP contribution < -0.4 is 0 Å². The van der Waals surface area contributed by atoms with E-state index in [0.717, 1.165) is 121 Å². The minimum atomic E-state index is -4.97. The fourth-order valence-corrected chi connectivity index (χ4v) is 13.7.